The van der Waals surface area contributed by atoms with E-state index < -0.39 is 0 Å². The molecule has 2 fully saturated rings. The van der Waals surface area contributed by atoms with E-state index in [0.717, 1.165) is 53.8 Å². The fraction of sp³-hybridized carbons (Fsp3) is 0.542. The number of fused-ring (bicyclic) bond motifs is 1. The second-order valence-corrected chi connectivity index (χ2v) is 9.73. The summed E-state index contributed by atoms with van der Waals surface area (Å²) < 4.78 is 7.78. The van der Waals surface area contributed by atoms with Gasteiger partial charge >= 0.3 is 0 Å². The summed E-state index contributed by atoms with van der Waals surface area (Å²) in [7, 11) is 0. The summed E-state index contributed by atoms with van der Waals surface area (Å²) in [6.45, 7) is 15.7. The van der Waals surface area contributed by atoms with Crippen molar-refractivity contribution in [3.8, 4) is 0 Å². The van der Waals surface area contributed by atoms with Gasteiger partial charge in [-0.2, -0.15) is 0 Å². The molecule has 0 bridgehead atoms. The average Bonchev–Trinajstić information content (AvgIpc) is 3.22. The van der Waals surface area contributed by atoms with Crippen LogP contribution >= 0.6 is 0 Å². The molecular formula is C24H34N10O2. The van der Waals surface area contributed by atoms with Gasteiger partial charge in [-0.15, -0.1) is 0 Å². The third-order valence-corrected chi connectivity index (χ3v) is 6.53. The highest BCUT2D eigenvalue weighted by Crippen LogP contribution is 2.32. The minimum atomic E-state index is 0.0121. The van der Waals surface area contributed by atoms with Crippen molar-refractivity contribution in [3.05, 3.63) is 24.3 Å². The minimum Gasteiger partial charge on any atom is -0.378 e. The first-order valence-electron chi connectivity index (χ1n) is 12.4. The predicted octanol–water partition coefficient (Wildman–Crippen LogP) is 0.760. The van der Waals surface area contributed by atoms with Crippen molar-refractivity contribution in [1.29, 1.82) is 0 Å². The molecule has 5 rings (SSSR count). The number of aliphatic imine (C=N–C) groups is 1. The van der Waals surface area contributed by atoms with E-state index in [2.05, 4.69) is 45.1 Å². The molecule has 0 spiro atoms. The number of hydrogen-bond acceptors (Lipinski definition) is 10. The number of ether oxygens (including phenoxy) is 1. The Bertz CT molecular complexity index is 1240. The summed E-state index contributed by atoms with van der Waals surface area (Å²) in [6.07, 6.45) is 1.82. The Morgan fingerprint density at radius 3 is 2.58 bits per heavy atom. The Labute approximate surface area is 210 Å². The smallest absolute Gasteiger partial charge is 0.223 e. The van der Waals surface area contributed by atoms with Gasteiger partial charge in [-0.1, -0.05) is 20.4 Å². The molecule has 2 aromatic rings. The quantitative estimate of drug-likeness (QED) is 0.619. The Kier molecular flexibility index (Phi) is 6.52. The molecule has 3 N–H and O–H groups in total. The number of morpholine rings is 1. The maximum absolute atomic E-state index is 12.0. The second kappa shape index (κ2) is 9.76. The van der Waals surface area contributed by atoms with Crippen LogP contribution in [0.5, 0.6) is 0 Å². The van der Waals surface area contributed by atoms with Gasteiger partial charge in [0.2, 0.25) is 11.9 Å². The highest BCUT2D eigenvalue weighted by atomic mass is 16.5. The number of hydrogen-bond donors (Lipinski definition) is 2. The van der Waals surface area contributed by atoms with Gasteiger partial charge in [0.15, 0.2) is 28.8 Å². The van der Waals surface area contributed by atoms with Gasteiger partial charge in [0, 0.05) is 57.1 Å². The maximum atomic E-state index is 12.0. The van der Waals surface area contributed by atoms with Gasteiger partial charge in [0.05, 0.1) is 26.3 Å². The van der Waals surface area contributed by atoms with Crippen molar-refractivity contribution in [2.75, 3.05) is 62.3 Å². The third kappa shape index (κ3) is 4.60. The van der Waals surface area contributed by atoms with Crippen LogP contribution in [0, 0.1) is 5.92 Å². The summed E-state index contributed by atoms with van der Waals surface area (Å²) in [5, 5.41) is 2.98. The molecular weight excluding hydrogens is 460 g/mol. The average molecular weight is 495 g/mol. The number of carbonyl (C=O) groups is 1. The first-order valence-corrected chi connectivity index (χ1v) is 12.4. The van der Waals surface area contributed by atoms with Crippen molar-refractivity contribution in [1.82, 2.24) is 29.7 Å². The van der Waals surface area contributed by atoms with Crippen molar-refractivity contribution < 1.29 is 9.53 Å². The number of nitrogens with zero attached hydrogens (tertiary/aromatic N) is 8. The van der Waals surface area contributed by atoms with E-state index in [1.165, 1.54) is 0 Å². The summed E-state index contributed by atoms with van der Waals surface area (Å²) in [5.41, 5.74) is 8.98. The molecule has 12 nitrogen and oxygen atoms in total. The zero-order valence-electron chi connectivity index (χ0n) is 21.2. The lowest BCUT2D eigenvalue weighted by atomic mass is 10.2. The van der Waals surface area contributed by atoms with Crippen LogP contribution in [0.4, 0.5) is 11.8 Å². The fourth-order valence-corrected chi connectivity index (χ4v) is 4.76. The number of nitrogens with one attached hydrogen (secondary N) is 1. The Hall–Kier alpha value is -3.67. The molecule has 192 valence electrons. The lowest BCUT2D eigenvalue weighted by molar-refractivity contribution is -0.127. The number of anilines is 2. The monoisotopic (exact) mass is 494 g/mol. The van der Waals surface area contributed by atoms with Crippen molar-refractivity contribution >= 4 is 40.4 Å². The van der Waals surface area contributed by atoms with Crippen LogP contribution in [-0.4, -0.2) is 88.8 Å². The Morgan fingerprint density at radius 1 is 1.17 bits per heavy atom. The molecule has 3 aliphatic heterocycles. The Balaban J connectivity index is 1.63. The van der Waals surface area contributed by atoms with Gasteiger partial charge in [0.25, 0.3) is 0 Å². The number of nitrogens with two attached hydrogens (primary N) is 1. The molecule has 5 heterocycles. The van der Waals surface area contributed by atoms with Gasteiger partial charge in [-0.3, -0.25) is 9.36 Å². The topological polar surface area (TPSA) is 130 Å². The van der Waals surface area contributed by atoms with Crippen LogP contribution in [0.3, 0.4) is 0 Å². The van der Waals surface area contributed by atoms with Gasteiger partial charge in [-0.05, 0) is 5.92 Å². The summed E-state index contributed by atoms with van der Waals surface area (Å²) in [5.74, 6) is 2.99. The molecule has 3 aliphatic rings. The van der Waals surface area contributed by atoms with Crippen LogP contribution in [0.2, 0.25) is 0 Å². The van der Waals surface area contributed by atoms with Gasteiger partial charge in [0.1, 0.15) is 0 Å². The number of piperazine rings is 1. The summed E-state index contributed by atoms with van der Waals surface area (Å²) in [6, 6.07) is 0. The normalized spacial score (nSPS) is 19.0. The van der Waals surface area contributed by atoms with E-state index in [1.807, 2.05) is 6.20 Å². The third-order valence-electron chi connectivity index (χ3n) is 6.53. The zero-order valence-corrected chi connectivity index (χ0v) is 21.2. The molecule has 0 atom stereocenters. The summed E-state index contributed by atoms with van der Waals surface area (Å²) >= 11 is 0. The van der Waals surface area contributed by atoms with E-state index in [-0.39, 0.29) is 5.91 Å². The molecule has 0 radical (unpaired) electrons. The van der Waals surface area contributed by atoms with E-state index in [9.17, 15) is 4.79 Å². The SMILES string of the molecule is C=C1CN(c2nc3c(N4CCOCC4)nc(C4=CNC(N)=NC4)nc3n2CC(C)C)CCN1C(C)=O. The zero-order chi connectivity index (χ0) is 25.4. The fourth-order valence-electron chi connectivity index (χ4n) is 4.76. The maximum Gasteiger partial charge on any atom is 0.223 e. The van der Waals surface area contributed by atoms with Crippen molar-refractivity contribution in [2.24, 2.45) is 16.6 Å². The number of carbonyl (C=O) groups excluding carboxylic acids is 1. The number of amides is 1. The van der Waals surface area contributed by atoms with E-state index in [1.54, 1.807) is 11.8 Å². The van der Waals surface area contributed by atoms with Crippen LogP contribution < -0.4 is 20.9 Å². The van der Waals surface area contributed by atoms with Crippen molar-refractivity contribution in [3.63, 3.8) is 0 Å². The first-order chi connectivity index (χ1) is 17.3. The molecule has 0 unspecified atom stereocenters. The molecule has 0 aliphatic carbocycles. The molecule has 0 aromatic carbocycles. The standard InChI is InChI=1S/C24H34N10O2/c1-15(2)13-34-22-19(28-24(34)32-5-6-33(17(4)35)16(3)14-32)21(31-7-9-36-10-8-31)29-20(30-22)18-11-26-23(25)27-12-18/h11,15H,3,5-10,12-14H2,1-2,4H3,(H3,25,26,27). The largest absolute Gasteiger partial charge is 0.378 e. The predicted molar refractivity (Wildman–Crippen MR) is 140 cm³/mol. The van der Waals surface area contributed by atoms with E-state index >= 15 is 0 Å². The molecule has 0 saturated carbocycles. The molecule has 2 saturated heterocycles. The number of imidazole rings is 1. The first kappa shape index (κ1) is 24.0. The number of guanidine groups is 1. The van der Waals surface area contributed by atoms with Crippen LogP contribution in [0.25, 0.3) is 16.7 Å². The number of aromatic nitrogens is 4. The van der Waals surface area contributed by atoms with Crippen molar-refractivity contribution in [2.45, 2.75) is 27.3 Å². The van der Waals surface area contributed by atoms with E-state index in [0.29, 0.717) is 57.1 Å². The second-order valence-electron chi connectivity index (χ2n) is 9.73. The molecule has 12 heteroatoms. The number of rotatable bonds is 5. The van der Waals surface area contributed by atoms with Gasteiger partial charge < -0.3 is 30.5 Å². The lowest BCUT2D eigenvalue weighted by Gasteiger charge is -2.36. The van der Waals surface area contributed by atoms with Crippen LogP contribution in [0.1, 0.15) is 26.6 Å². The molecule has 1 amide bonds. The minimum absolute atomic E-state index is 0.0121. The summed E-state index contributed by atoms with van der Waals surface area (Å²) in [4.78, 5) is 37.6. The highest BCUT2D eigenvalue weighted by molar-refractivity contribution is 5.89. The van der Waals surface area contributed by atoms with Gasteiger partial charge in [-0.25, -0.2) is 19.9 Å². The lowest BCUT2D eigenvalue weighted by Crippen LogP contribution is -2.47. The van der Waals surface area contributed by atoms with E-state index in [4.69, 9.17) is 25.4 Å². The molecule has 36 heavy (non-hydrogen) atoms. The Morgan fingerprint density at radius 2 is 1.94 bits per heavy atom. The van der Waals surface area contributed by atoms with Crippen LogP contribution in [-0.2, 0) is 16.1 Å². The highest BCUT2D eigenvalue weighted by Gasteiger charge is 2.29. The molecule has 2 aromatic heterocycles. The van der Waals surface area contributed by atoms with Crippen LogP contribution in [0.15, 0.2) is 23.5 Å².